The molecule has 2 fully saturated rings. The molecular formula is C16H28N2O2. The smallest absolute Gasteiger partial charge is 0.248 e. The second kappa shape index (κ2) is 6.15. The first kappa shape index (κ1) is 15.3. The summed E-state index contributed by atoms with van der Waals surface area (Å²) in [7, 11) is 0. The van der Waals surface area contributed by atoms with Gasteiger partial charge in [-0.05, 0) is 25.7 Å². The Labute approximate surface area is 122 Å². The van der Waals surface area contributed by atoms with Crippen LogP contribution >= 0.6 is 0 Å². The van der Waals surface area contributed by atoms with Crippen LogP contribution in [0.25, 0.3) is 0 Å². The number of nitrogens with one attached hydrogen (secondary N) is 1. The van der Waals surface area contributed by atoms with Gasteiger partial charge in [0.25, 0.3) is 0 Å². The number of hydrogen-bond donors (Lipinski definition) is 1. The topological polar surface area (TPSA) is 49.4 Å². The maximum Gasteiger partial charge on any atom is 0.248 e. The third-order valence-corrected chi connectivity index (χ3v) is 5.29. The lowest BCUT2D eigenvalue weighted by molar-refractivity contribution is -0.143. The Morgan fingerprint density at radius 3 is 2.45 bits per heavy atom. The molecule has 2 amide bonds. The van der Waals surface area contributed by atoms with E-state index in [-0.39, 0.29) is 17.9 Å². The van der Waals surface area contributed by atoms with Gasteiger partial charge < -0.3 is 10.2 Å². The summed E-state index contributed by atoms with van der Waals surface area (Å²) >= 11 is 0. The molecule has 1 aliphatic heterocycles. The van der Waals surface area contributed by atoms with Crippen molar-refractivity contribution in [3.05, 3.63) is 0 Å². The number of amides is 2. The minimum Gasteiger partial charge on any atom is -0.342 e. The van der Waals surface area contributed by atoms with E-state index >= 15 is 0 Å². The van der Waals surface area contributed by atoms with Gasteiger partial charge in [-0.2, -0.15) is 0 Å². The number of hydrogen-bond acceptors (Lipinski definition) is 2. The fraction of sp³-hybridized carbons (Fsp3) is 0.875. The molecule has 20 heavy (non-hydrogen) atoms. The van der Waals surface area contributed by atoms with Crippen molar-refractivity contribution in [3.8, 4) is 0 Å². The zero-order valence-electron chi connectivity index (χ0n) is 13.1. The number of rotatable bonds is 3. The van der Waals surface area contributed by atoms with Gasteiger partial charge >= 0.3 is 0 Å². The van der Waals surface area contributed by atoms with E-state index < -0.39 is 5.54 Å². The highest BCUT2D eigenvalue weighted by Crippen LogP contribution is 2.33. The standard InChI is InChI=1S/C16H28N2O2/c1-4-12(2)13(3)18-11-8-14(19)17-16(15(18)20)9-6-5-7-10-16/h12-13H,4-11H2,1-3H3,(H,17,19). The van der Waals surface area contributed by atoms with Crippen LogP contribution in [0.3, 0.4) is 0 Å². The molecule has 0 aromatic carbocycles. The number of nitrogens with zero attached hydrogens (tertiary/aromatic N) is 1. The zero-order valence-corrected chi connectivity index (χ0v) is 13.1. The van der Waals surface area contributed by atoms with Crippen LogP contribution in [0.5, 0.6) is 0 Å². The van der Waals surface area contributed by atoms with Gasteiger partial charge in [0, 0.05) is 19.0 Å². The van der Waals surface area contributed by atoms with Crippen LogP contribution in [0.4, 0.5) is 0 Å². The average molecular weight is 280 g/mol. The minimum atomic E-state index is -0.604. The molecule has 2 atom stereocenters. The third-order valence-electron chi connectivity index (χ3n) is 5.29. The van der Waals surface area contributed by atoms with Crippen molar-refractivity contribution < 1.29 is 9.59 Å². The number of carbonyl (C=O) groups is 2. The van der Waals surface area contributed by atoms with Crippen molar-refractivity contribution in [3.63, 3.8) is 0 Å². The molecule has 1 saturated heterocycles. The molecular weight excluding hydrogens is 252 g/mol. The van der Waals surface area contributed by atoms with E-state index in [0.717, 1.165) is 32.1 Å². The highest BCUT2D eigenvalue weighted by Gasteiger charge is 2.46. The van der Waals surface area contributed by atoms with Crippen molar-refractivity contribution >= 4 is 11.8 Å². The molecule has 4 heteroatoms. The predicted molar refractivity (Wildman–Crippen MR) is 79.2 cm³/mol. The van der Waals surface area contributed by atoms with Gasteiger partial charge in [-0.3, -0.25) is 9.59 Å². The molecule has 2 rings (SSSR count). The first-order chi connectivity index (χ1) is 9.50. The van der Waals surface area contributed by atoms with Gasteiger partial charge in [0.2, 0.25) is 11.8 Å². The van der Waals surface area contributed by atoms with E-state index in [1.165, 1.54) is 6.42 Å². The second-order valence-corrected chi connectivity index (χ2v) is 6.57. The summed E-state index contributed by atoms with van der Waals surface area (Å²) in [5.74, 6) is 0.669. The summed E-state index contributed by atoms with van der Waals surface area (Å²) in [5.41, 5.74) is -0.604. The van der Waals surface area contributed by atoms with E-state index in [1.54, 1.807) is 0 Å². The van der Waals surface area contributed by atoms with Crippen molar-refractivity contribution in [2.45, 2.75) is 77.3 Å². The molecule has 2 aliphatic rings. The van der Waals surface area contributed by atoms with Crippen LogP contribution in [0.1, 0.15) is 65.7 Å². The Hall–Kier alpha value is -1.06. The first-order valence-corrected chi connectivity index (χ1v) is 8.12. The summed E-state index contributed by atoms with van der Waals surface area (Å²) < 4.78 is 0. The van der Waals surface area contributed by atoms with E-state index in [2.05, 4.69) is 26.1 Å². The van der Waals surface area contributed by atoms with E-state index in [4.69, 9.17) is 0 Å². The van der Waals surface area contributed by atoms with Crippen LogP contribution in [-0.2, 0) is 9.59 Å². The van der Waals surface area contributed by atoms with E-state index in [0.29, 0.717) is 18.9 Å². The molecule has 0 radical (unpaired) electrons. The lowest BCUT2D eigenvalue weighted by Gasteiger charge is -2.41. The van der Waals surface area contributed by atoms with Crippen molar-refractivity contribution in [2.75, 3.05) is 6.54 Å². The molecule has 1 aliphatic carbocycles. The zero-order chi connectivity index (χ0) is 14.8. The van der Waals surface area contributed by atoms with Crippen LogP contribution in [-0.4, -0.2) is 34.8 Å². The predicted octanol–water partition coefficient (Wildman–Crippen LogP) is 2.47. The molecule has 0 aromatic rings. The summed E-state index contributed by atoms with van der Waals surface area (Å²) in [6.07, 6.45) is 6.36. The first-order valence-electron chi connectivity index (χ1n) is 8.12. The van der Waals surface area contributed by atoms with Crippen molar-refractivity contribution in [1.82, 2.24) is 10.2 Å². The minimum absolute atomic E-state index is 0.0408. The Bertz CT molecular complexity index is 375. The van der Waals surface area contributed by atoms with Crippen LogP contribution in [0.2, 0.25) is 0 Å². The maximum absolute atomic E-state index is 13.0. The maximum atomic E-state index is 13.0. The third kappa shape index (κ3) is 2.84. The molecule has 1 spiro atoms. The second-order valence-electron chi connectivity index (χ2n) is 6.57. The van der Waals surface area contributed by atoms with Gasteiger partial charge in [-0.15, -0.1) is 0 Å². The lowest BCUT2D eigenvalue weighted by atomic mass is 9.80. The molecule has 1 N–H and O–H groups in total. The molecule has 2 unspecified atom stereocenters. The SMILES string of the molecule is CCC(C)C(C)N1CCC(=O)NC2(CCCCC2)C1=O. The van der Waals surface area contributed by atoms with E-state index in [1.807, 2.05) is 4.90 Å². The molecule has 1 saturated carbocycles. The Balaban J connectivity index is 2.24. The monoisotopic (exact) mass is 280 g/mol. The summed E-state index contributed by atoms with van der Waals surface area (Å²) in [6.45, 7) is 7.03. The van der Waals surface area contributed by atoms with Gasteiger partial charge in [0.1, 0.15) is 5.54 Å². The van der Waals surface area contributed by atoms with Crippen molar-refractivity contribution in [1.29, 1.82) is 0 Å². The highest BCUT2D eigenvalue weighted by molar-refractivity contribution is 5.93. The summed E-state index contributed by atoms with van der Waals surface area (Å²) in [5, 5.41) is 3.06. The molecule has 1 heterocycles. The van der Waals surface area contributed by atoms with E-state index in [9.17, 15) is 9.59 Å². The number of carbonyl (C=O) groups excluding carboxylic acids is 2. The normalized spacial score (nSPS) is 26.1. The summed E-state index contributed by atoms with van der Waals surface area (Å²) in [4.78, 5) is 27.0. The van der Waals surface area contributed by atoms with Crippen LogP contribution in [0.15, 0.2) is 0 Å². The van der Waals surface area contributed by atoms with Crippen LogP contribution in [0, 0.1) is 5.92 Å². The van der Waals surface area contributed by atoms with Crippen molar-refractivity contribution in [2.24, 2.45) is 5.92 Å². The molecule has 0 bridgehead atoms. The Kier molecular flexibility index (Phi) is 4.71. The van der Waals surface area contributed by atoms with Gasteiger partial charge in [0.05, 0.1) is 0 Å². The fourth-order valence-electron chi connectivity index (χ4n) is 3.51. The van der Waals surface area contributed by atoms with Gasteiger partial charge in [-0.1, -0.05) is 39.5 Å². The Morgan fingerprint density at radius 2 is 1.85 bits per heavy atom. The summed E-state index contributed by atoms with van der Waals surface area (Å²) in [6, 6.07) is 0.207. The van der Waals surface area contributed by atoms with Gasteiger partial charge in [0.15, 0.2) is 0 Å². The Morgan fingerprint density at radius 1 is 1.20 bits per heavy atom. The largest absolute Gasteiger partial charge is 0.342 e. The fourth-order valence-corrected chi connectivity index (χ4v) is 3.51. The average Bonchev–Trinajstić information content (AvgIpc) is 2.57. The molecule has 114 valence electrons. The van der Waals surface area contributed by atoms with Gasteiger partial charge in [-0.25, -0.2) is 0 Å². The molecule has 0 aromatic heterocycles. The lowest BCUT2D eigenvalue weighted by Crippen LogP contribution is -2.59. The molecule has 4 nitrogen and oxygen atoms in total. The van der Waals surface area contributed by atoms with Crippen LogP contribution < -0.4 is 5.32 Å². The highest BCUT2D eigenvalue weighted by atomic mass is 16.2. The quantitative estimate of drug-likeness (QED) is 0.863.